The summed E-state index contributed by atoms with van der Waals surface area (Å²) in [6.07, 6.45) is 9.43. The van der Waals surface area contributed by atoms with Gasteiger partial charge in [0.2, 0.25) is 17.6 Å². The molecular weight excluding hydrogens is 370 g/mol. The summed E-state index contributed by atoms with van der Waals surface area (Å²) >= 11 is 0. The molecule has 0 radical (unpaired) electrons. The van der Waals surface area contributed by atoms with Crippen LogP contribution in [0, 0.1) is 5.92 Å². The van der Waals surface area contributed by atoms with Crippen molar-refractivity contribution >= 4 is 5.91 Å². The molecule has 0 saturated carbocycles. The van der Waals surface area contributed by atoms with Crippen LogP contribution in [-0.2, 0) is 22.4 Å². The van der Waals surface area contributed by atoms with Crippen LogP contribution < -0.4 is 5.32 Å². The minimum Gasteiger partial charge on any atom is -0.379 e. The Morgan fingerprint density at radius 3 is 2.62 bits per heavy atom. The van der Waals surface area contributed by atoms with Gasteiger partial charge in [-0.3, -0.25) is 14.8 Å². The van der Waals surface area contributed by atoms with Crippen LogP contribution in [0.1, 0.15) is 24.3 Å². The third kappa shape index (κ3) is 5.23. The predicted molar refractivity (Wildman–Crippen MR) is 105 cm³/mol. The zero-order valence-corrected chi connectivity index (χ0v) is 16.0. The van der Waals surface area contributed by atoms with Gasteiger partial charge in [0.05, 0.1) is 19.3 Å². The zero-order chi connectivity index (χ0) is 19.9. The van der Waals surface area contributed by atoms with Crippen molar-refractivity contribution in [3.8, 4) is 11.4 Å². The van der Waals surface area contributed by atoms with Crippen molar-refractivity contribution in [2.75, 3.05) is 13.2 Å². The highest BCUT2D eigenvalue weighted by molar-refractivity contribution is 5.76. The maximum Gasteiger partial charge on any atom is 0.226 e. The largest absolute Gasteiger partial charge is 0.379 e. The first kappa shape index (κ1) is 19.2. The number of ether oxygens (including phenoxy) is 1. The monoisotopic (exact) mass is 393 g/mol. The minimum atomic E-state index is 0.0223. The van der Waals surface area contributed by atoms with Crippen molar-refractivity contribution in [3.05, 3.63) is 60.5 Å². The summed E-state index contributed by atoms with van der Waals surface area (Å²) in [7, 11) is 0. The van der Waals surface area contributed by atoms with E-state index in [9.17, 15) is 4.79 Å². The van der Waals surface area contributed by atoms with Crippen molar-refractivity contribution < 1.29 is 14.1 Å². The molecule has 2 atom stereocenters. The lowest BCUT2D eigenvalue weighted by Gasteiger charge is -2.19. The molecule has 4 rings (SSSR count). The van der Waals surface area contributed by atoms with Gasteiger partial charge in [0.1, 0.15) is 0 Å². The predicted octanol–water partition coefficient (Wildman–Crippen LogP) is 2.22. The van der Waals surface area contributed by atoms with Crippen LogP contribution >= 0.6 is 0 Å². The average molecular weight is 393 g/mol. The number of pyridine rings is 2. The lowest BCUT2D eigenvalue weighted by Crippen LogP contribution is -2.40. The maximum absolute atomic E-state index is 12.4. The Morgan fingerprint density at radius 1 is 1.07 bits per heavy atom. The van der Waals surface area contributed by atoms with Gasteiger partial charge in [-0.05, 0) is 42.7 Å². The quantitative estimate of drug-likeness (QED) is 0.626. The van der Waals surface area contributed by atoms with Gasteiger partial charge >= 0.3 is 0 Å². The molecule has 150 valence electrons. The molecule has 1 amide bonds. The summed E-state index contributed by atoms with van der Waals surface area (Å²) in [6, 6.07) is 7.70. The molecular formula is C21H23N5O3. The third-order valence-corrected chi connectivity index (χ3v) is 4.99. The zero-order valence-electron chi connectivity index (χ0n) is 16.0. The molecule has 1 saturated heterocycles. The van der Waals surface area contributed by atoms with Gasteiger partial charge in [-0.15, -0.1) is 0 Å². The van der Waals surface area contributed by atoms with Gasteiger partial charge in [0.25, 0.3) is 0 Å². The fourth-order valence-corrected chi connectivity index (χ4v) is 3.43. The molecule has 0 unspecified atom stereocenters. The van der Waals surface area contributed by atoms with Gasteiger partial charge in [-0.25, -0.2) is 0 Å². The van der Waals surface area contributed by atoms with E-state index in [1.165, 1.54) is 5.56 Å². The number of amides is 1. The molecule has 8 nitrogen and oxygen atoms in total. The second-order valence-electron chi connectivity index (χ2n) is 7.13. The second kappa shape index (κ2) is 9.38. The van der Waals surface area contributed by atoms with E-state index in [1.54, 1.807) is 24.8 Å². The summed E-state index contributed by atoms with van der Waals surface area (Å²) in [5, 5.41) is 7.10. The van der Waals surface area contributed by atoms with E-state index in [0.717, 1.165) is 12.0 Å². The van der Waals surface area contributed by atoms with Gasteiger partial charge in [-0.1, -0.05) is 5.16 Å². The number of nitrogens with one attached hydrogen (secondary N) is 1. The molecule has 29 heavy (non-hydrogen) atoms. The highest BCUT2D eigenvalue weighted by atomic mass is 16.5. The number of carbonyl (C=O) groups excluding carboxylic acids is 1. The van der Waals surface area contributed by atoms with Crippen molar-refractivity contribution in [1.29, 1.82) is 0 Å². The molecule has 8 heteroatoms. The number of carbonyl (C=O) groups is 1. The first-order valence-electron chi connectivity index (χ1n) is 9.77. The first-order chi connectivity index (χ1) is 14.3. The molecule has 1 fully saturated rings. The Hall–Kier alpha value is -3.13. The van der Waals surface area contributed by atoms with Crippen LogP contribution in [-0.4, -0.2) is 45.3 Å². The van der Waals surface area contributed by atoms with E-state index >= 15 is 0 Å². The molecule has 4 heterocycles. The normalized spacial score (nSPS) is 18.6. The summed E-state index contributed by atoms with van der Waals surface area (Å²) in [5.74, 6) is 1.37. The lowest BCUT2D eigenvalue weighted by molar-refractivity contribution is -0.122. The standard InChI is InChI=1S/C21H23N5O3/c27-19(24-18-14-28-13-17(18)12-15-4-8-22-9-5-15)2-1-3-20-25-21(26-29-20)16-6-10-23-11-7-16/h4-11,17-18H,1-3,12-14H2,(H,24,27)/t17-,18-/m1/s1. The Kier molecular flexibility index (Phi) is 6.21. The van der Waals surface area contributed by atoms with Crippen molar-refractivity contribution in [3.63, 3.8) is 0 Å². The Morgan fingerprint density at radius 2 is 1.83 bits per heavy atom. The first-order valence-corrected chi connectivity index (χ1v) is 9.77. The number of aromatic nitrogens is 4. The van der Waals surface area contributed by atoms with Crippen molar-refractivity contribution in [2.24, 2.45) is 5.92 Å². The number of hydrogen-bond acceptors (Lipinski definition) is 7. The van der Waals surface area contributed by atoms with E-state index in [4.69, 9.17) is 9.26 Å². The Bertz CT molecular complexity index is 916. The van der Waals surface area contributed by atoms with Crippen LogP contribution in [0.15, 0.2) is 53.6 Å². The van der Waals surface area contributed by atoms with Gasteiger partial charge in [0.15, 0.2) is 0 Å². The van der Waals surface area contributed by atoms with E-state index in [-0.39, 0.29) is 17.9 Å². The van der Waals surface area contributed by atoms with Crippen LogP contribution in [0.5, 0.6) is 0 Å². The second-order valence-corrected chi connectivity index (χ2v) is 7.13. The molecule has 1 N–H and O–H groups in total. The van der Waals surface area contributed by atoms with E-state index < -0.39 is 0 Å². The Labute approximate surface area is 168 Å². The molecule has 0 aliphatic carbocycles. The topological polar surface area (TPSA) is 103 Å². The molecule has 3 aromatic rings. The minimum absolute atomic E-state index is 0.0223. The highest BCUT2D eigenvalue weighted by Crippen LogP contribution is 2.19. The number of nitrogens with zero attached hydrogens (tertiary/aromatic N) is 4. The average Bonchev–Trinajstić information content (AvgIpc) is 3.39. The van der Waals surface area contributed by atoms with E-state index in [1.807, 2.05) is 24.3 Å². The molecule has 3 aromatic heterocycles. The van der Waals surface area contributed by atoms with Gasteiger partial charge < -0.3 is 14.6 Å². The van der Waals surface area contributed by atoms with Gasteiger partial charge in [-0.2, -0.15) is 4.98 Å². The lowest BCUT2D eigenvalue weighted by atomic mass is 9.95. The summed E-state index contributed by atoms with van der Waals surface area (Å²) < 4.78 is 10.9. The van der Waals surface area contributed by atoms with Crippen LogP contribution in [0.3, 0.4) is 0 Å². The molecule has 0 spiro atoms. The third-order valence-electron chi connectivity index (χ3n) is 4.99. The van der Waals surface area contributed by atoms with Crippen molar-refractivity contribution in [1.82, 2.24) is 25.4 Å². The molecule has 1 aliphatic rings. The SMILES string of the molecule is O=C(CCCc1nc(-c2ccncc2)no1)N[C@@H]1COC[C@H]1Cc1ccncc1. The van der Waals surface area contributed by atoms with Crippen LogP contribution in [0.25, 0.3) is 11.4 Å². The molecule has 0 bridgehead atoms. The number of aryl methyl sites for hydroxylation is 1. The maximum atomic E-state index is 12.4. The number of rotatable bonds is 8. The van der Waals surface area contributed by atoms with Crippen LogP contribution in [0.4, 0.5) is 0 Å². The van der Waals surface area contributed by atoms with Crippen LogP contribution in [0.2, 0.25) is 0 Å². The summed E-state index contributed by atoms with van der Waals surface area (Å²) in [6.45, 7) is 1.22. The smallest absolute Gasteiger partial charge is 0.226 e. The Balaban J connectivity index is 1.22. The molecule has 1 aliphatic heterocycles. The fraction of sp³-hybridized carbons (Fsp3) is 0.381. The summed E-state index contributed by atoms with van der Waals surface area (Å²) in [4.78, 5) is 24.8. The van der Waals surface area contributed by atoms with E-state index in [0.29, 0.717) is 44.2 Å². The summed E-state index contributed by atoms with van der Waals surface area (Å²) in [5.41, 5.74) is 2.06. The van der Waals surface area contributed by atoms with E-state index in [2.05, 4.69) is 25.4 Å². The van der Waals surface area contributed by atoms with Gasteiger partial charge in [0, 0.05) is 49.1 Å². The van der Waals surface area contributed by atoms with Crippen molar-refractivity contribution in [2.45, 2.75) is 31.7 Å². The highest BCUT2D eigenvalue weighted by Gasteiger charge is 2.29. The fourth-order valence-electron chi connectivity index (χ4n) is 3.43. The molecule has 0 aromatic carbocycles. The number of hydrogen-bond donors (Lipinski definition) is 1.